The normalized spacial score (nSPS) is 23.8. The predicted octanol–water partition coefficient (Wildman–Crippen LogP) is 3.52. The van der Waals surface area contributed by atoms with Gasteiger partial charge in [-0.1, -0.05) is 0 Å². The van der Waals surface area contributed by atoms with E-state index in [1.54, 1.807) is 30.1 Å². The lowest BCUT2D eigenvalue weighted by Crippen LogP contribution is -2.54. The molecular formula is C27H30FN3O5. The van der Waals surface area contributed by atoms with Crippen molar-refractivity contribution in [3.05, 3.63) is 59.4 Å². The Labute approximate surface area is 209 Å². The number of rotatable bonds is 5. The highest BCUT2D eigenvalue weighted by molar-refractivity contribution is 6.05. The van der Waals surface area contributed by atoms with E-state index in [1.165, 1.54) is 24.3 Å². The minimum absolute atomic E-state index is 0.0138. The number of fused-ring (bicyclic) bond motifs is 2. The van der Waals surface area contributed by atoms with Gasteiger partial charge in [-0.2, -0.15) is 0 Å². The Balaban J connectivity index is 1.26. The first-order valence-electron chi connectivity index (χ1n) is 12.4. The maximum Gasteiger partial charge on any atom is 0.257 e. The third-order valence-corrected chi connectivity index (χ3v) is 7.26. The van der Waals surface area contributed by atoms with Crippen LogP contribution in [0.25, 0.3) is 0 Å². The lowest BCUT2D eigenvalue weighted by Gasteiger charge is -2.42. The molecule has 9 heteroatoms. The zero-order valence-corrected chi connectivity index (χ0v) is 20.2. The minimum Gasteiger partial charge on any atom is -0.490 e. The SMILES string of the molecule is CN1C(=O)c2cc(NC(=O)c3ccc(F)cc3)ccc2OC[C@@H]2O[C@@H](CC(=O)NC3CCC3)CC[C@@H]21. The van der Waals surface area contributed by atoms with Crippen LogP contribution in [0.4, 0.5) is 10.1 Å². The lowest BCUT2D eigenvalue weighted by atomic mass is 9.92. The molecule has 190 valence electrons. The number of ether oxygens (including phenoxy) is 2. The molecule has 8 nitrogen and oxygen atoms in total. The number of amides is 3. The molecule has 0 spiro atoms. The highest BCUT2D eigenvalue weighted by atomic mass is 19.1. The highest BCUT2D eigenvalue weighted by Crippen LogP contribution is 2.32. The molecule has 0 aromatic heterocycles. The summed E-state index contributed by atoms with van der Waals surface area (Å²) in [6, 6.07) is 10.2. The molecule has 1 aliphatic carbocycles. The summed E-state index contributed by atoms with van der Waals surface area (Å²) in [5.41, 5.74) is 1.08. The number of nitrogens with zero attached hydrogens (tertiary/aromatic N) is 1. The molecule has 5 rings (SSSR count). The Morgan fingerprint density at radius 2 is 1.86 bits per heavy atom. The molecule has 2 N–H and O–H groups in total. The van der Waals surface area contributed by atoms with Crippen molar-refractivity contribution >= 4 is 23.4 Å². The molecule has 2 aromatic carbocycles. The van der Waals surface area contributed by atoms with Gasteiger partial charge in [0.05, 0.1) is 24.1 Å². The van der Waals surface area contributed by atoms with E-state index in [0.29, 0.717) is 47.9 Å². The molecular weight excluding hydrogens is 465 g/mol. The molecule has 3 amide bonds. The molecule has 0 unspecified atom stereocenters. The predicted molar refractivity (Wildman–Crippen MR) is 130 cm³/mol. The van der Waals surface area contributed by atoms with E-state index in [4.69, 9.17) is 9.47 Å². The van der Waals surface area contributed by atoms with Crippen molar-refractivity contribution in [1.82, 2.24) is 10.2 Å². The van der Waals surface area contributed by atoms with Crippen LogP contribution in [0.3, 0.4) is 0 Å². The molecule has 2 fully saturated rings. The first-order valence-corrected chi connectivity index (χ1v) is 12.4. The Kier molecular flexibility index (Phi) is 6.91. The summed E-state index contributed by atoms with van der Waals surface area (Å²) in [4.78, 5) is 39.9. The second kappa shape index (κ2) is 10.3. The Morgan fingerprint density at radius 1 is 1.08 bits per heavy atom. The van der Waals surface area contributed by atoms with Crippen molar-refractivity contribution in [2.75, 3.05) is 19.0 Å². The fourth-order valence-corrected chi connectivity index (χ4v) is 4.96. The van der Waals surface area contributed by atoms with Gasteiger partial charge in [0.1, 0.15) is 24.3 Å². The van der Waals surface area contributed by atoms with Crippen LogP contribution >= 0.6 is 0 Å². The van der Waals surface area contributed by atoms with Gasteiger partial charge in [0.15, 0.2) is 0 Å². The largest absolute Gasteiger partial charge is 0.490 e. The summed E-state index contributed by atoms with van der Waals surface area (Å²) in [5.74, 6) is -0.650. The molecule has 2 aromatic rings. The second-order valence-corrected chi connectivity index (χ2v) is 9.74. The highest BCUT2D eigenvalue weighted by Gasteiger charge is 2.39. The van der Waals surface area contributed by atoms with E-state index in [9.17, 15) is 18.8 Å². The molecule has 36 heavy (non-hydrogen) atoms. The molecule has 2 heterocycles. The zero-order chi connectivity index (χ0) is 25.2. The number of likely N-dealkylation sites (N-methyl/N-ethyl adjacent to an activating group) is 1. The summed E-state index contributed by atoms with van der Waals surface area (Å²) >= 11 is 0. The number of halogens is 1. The van der Waals surface area contributed by atoms with Gasteiger partial charge in [-0.05, 0) is 74.6 Å². The molecule has 3 aliphatic rings. The summed E-state index contributed by atoms with van der Waals surface area (Å²) in [5, 5.41) is 5.81. The van der Waals surface area contributed by atoms with Crippen molar-refractivity contribution in [2.24, 2.45) is 0 Å². The Bertz CT molecular complexity index is 1150. The number of carbonyl (C=O) groups excluding carboxylic acids is 3. The fourth-order valence-electron chi connectivity index (χ4n) is 4.96. The van der Waals surface area contributed by atoms with Gasteiger partial charge in [-0.25, -0.2) is 4.39 Å². The topological polar surface area (TPSA) is 97.0 Å². The van der Waals surface area contributed by atoms with Crippen LogP contribution in [0, 0.1) is 5.82 Å². The molecule has 0 radical (unpaired) electrons. The number of hydrogen-bond donors (Lipinski definition) is 2. The van der Waals surface area contributed by atoms with Gasteiger partial charge < -0.3 is 25.0 Å². The van der Waals surface area contributed by atoms with Gasteiger partial charge in [0.2, 0.25) is 5.91 Å². The van der Waals surface area contributed by atoms with E-state index in [-0.39, 0.29) is 36.7 Å². The number of nitrogens with one attached hydrogen (secondary N) is 2. The average Bonchev–Trinajstić information content (AvgIpc) is 2.84. The smallest absolute Gasteiger partial charge is 0.257 e. The lowest BCUT2D eigenvalue weighted by molar-refractivity contribution is -0.135. The summed E-state index contributed by atoms with van der Waals surface area (Å²) in [7, 11) is 1.74. The Morgan fingerprint density at radius 3 is 2.58 bits per heavy atom. The van der Waals surface area contributed by atoms with Crippen molar-refractivity contribution in [2.45, 2.75) is 62.8 Å². The number of anilines is 1. The van der Waals surface area contributed by atoms with Crippen LogP contribution in [0.1, 0.15) is 59.2 Å². The first-order chi connectivity index (χ1) is 17.4. The minimum atomic E-state index is -0.424. The van der Waals surface area contributed by atoms with Crippen LogP contribution in [0.2, 0.25) is 0 Å². The van der Waals surface area contributed by atoms with E-state index in [1.807, 2.05) is 0 Å². The fraction of sp³-hybridized carbons (Fsp3) is 0.444. The average molecular weight is 496 g/mol. The molecule has 3 atom stereocenters. The first kappa shape index (κ1) is 24.2. The van der Waals surface area contributed by atoms with E-state index < -0.39 is 11.7 Å². The van der Waals surface area contributed by atoms with E-state index in [0.717, 1.165) is 19.3 Å². The number of hydrogen-bond acceptors (Lipinski definition) is 5. The zero-order valence-electron chi connectivity index (χ0n) is 20.2. The van der Waals surface area contributed by atoms with Gasteiger partial charge in [0, 0.05) is 24.3 Å². The number of carbonyl (C=O) groups is 3. The molecule has 1 saturated carbocycles. The molecule has 0 bridgehead atoms. The van der Waals surface area contributed by atoms with Crippen LogP contribution in [-0.2, 0) is 9.53 Å². The van der Waals surface area contributed by atoms with Crippen molar-refractivity contribution in [3.63, 3.8) is 0 Å². The van der Waals surface area contributed by atoms with Crippen molar-refractivity contribution < 1.29 is 28.2 Å². The van der Waals surface area contributed by atoms with Crippen LogP contribution in [-0.4, -0.2) is 60.6 Å². The third-order valence-electron chi connectivity index (χ3n) is 7.26. The van der Waals surface area contributed by atoms with Gasteiger partial charge >= 0.3 is 0 Å². The summed E-state index contributed by atoms with van der Waals surface area (Å²) in [6.07, 6.45) is 4.38. The molecule has 1 saturated heterocycles. The monoisotopic (exact) mass is 495 g/mol. The van der Waals surface area contributed by atoms with Crippen LogP contribution in [0.5, 0.6) is 5.75 Å². The quantitative estimate of drug-likeness (QED) is 0.662. The van der Waals surface area contributed by atoms with Gasteiger partial charge in [-0.15, -0.1) is 0 Å². The van der Waals surface area contributed by atoms with Crippen molar-refractivity contribution in [3.8, 4) is 5.75 Å². The van der Waals surface area contributed by atoms with Crippen molar-refractivity contribution in [1.29, 1.82) is 0 Å². The summed E-state index contributed by atoms with van der Waals surface area (Å²) < 4.78 is 25.4. The maximum atomic E-state index is 13.4. The summed E-state index contributed by atoms with van der Waals surface area (Å²) in [6.45, 7) is 0.247. The second-order valence-electron chi connectivity index (χ2n) is 9.74. The maximum absolute atomic E-state index is 13.4. The number of benzene rings is 2. The Hall–Kier alpha value is -3.46. The van der Waals surface area contributed by atoms with Crippen LogP contribution in [0.15, 0.2) is 42.5 Å². The van der Waals surface area contributed by atoms with Gasteiger partial charge in [-0.3, -0.25) is 14.4 Å². The van der Waals surface area contributed by atoms with Gasteiger partial charge in [0.25, 0.3) is 11.8 Å². The van der Waals surface area contributed by atoms with E-state index in [2.05, 4.69) is 10.6 Å². The van der Waals surface area contributed by atoms with E-state index >= 15 is 0 Å². The third kappa shape index (κ3) is 5.21. The van der Waals surface area contributed by atoms with Crippen LogP contribution < -0.4 is 15.4 Å². The standard InChI is InChI=1S/C27H30FN3O5/c1-31-22-11-10-20(14-25(32)29-18-3-2-4-18)36-24(22)15-35-23-12-9-19(13-21(23)27(31)34)30-26(33)16-5-7-17(28)8-6-16/h5-9,12-13,18,20,22,24H,2-4,10-11,14-15H2,1H3,(H,29,32)(H,30,33)/t20-,22+,24+/m1/s1. The molecule has 2 aliphatic heterocycles.